The van der Waals surface area contributed by atoms with E-state index < -0.39 is 0 Å². The third-order valence-corrected chi connectivity index (χ3v) is 3.59. The monoisotopic (exact) mass is 349 g/mol. The molecule has 0 bridgehead atoms. The van der Waals surface area contributed by atoms with Crippen LogP contribution in [0.1, 0.15) is 11.1 Å². The number of benzene rings is 2. The Kier molecular flexibility index (Phi) is 6.08. The molecule has 0 unspecified atom stereocenters. The number of halogens is 1. The number of hydrogen-bond acceptors (Lipinski definition) is 3. The molecule has 0 aromatic heterocycles. The van der Waals surface area contributed by atoms with E-state index >= 15 is 0 Å². The normalized spacial score (nSPS) is 10.4. The molecule has 0 aliphatic carbocycles. The summed E-state index contributed by atoms with van der Waals surface area (Å²) in [6.45, 7) is 3.68. The molecule has 0 aliphatic rings. The van der Waals surface area contributed by atoms with Gasteiger partial charge in [0.1, 0.15) is 24.7 Å². The smallest absolute Gasteiger partial charge is 0.125 e. The first-order valence-corrected chi connectivity index (χ1v) is 7.79. The van der Waals surface area contributed by atoms with Gasteiger partial charge in [0.05, 0.1) is 0 Å². The predicted molar refractivity (Wildman–Crippen MR) is 89.1 cm³/mol. The van der Waals surface area contributed by atoms with Crippen LogP contribution in [0.2, 0.25) is 0 Å². The van der Waals surface area contributed by atoms with Gasteiger partial charge in [-0.2, -0.15) is 0 Å². The topological polar surface area (TPSA) is 44.5 Å². The summed E-state index contributed by atoms with van der Waals surface area (Å²) in [5.74, 6) is 1.76. The van der Waals surface area contributed by atoms with Gasteiger partial charge in [-0.3, -0.25) is 0 Å². The third-order valence-electron chi connectivity index (χ3n) is 3.10. The van der Waals surface area contributed by atoms with Crippen molar-refractivity contribution in [3.8, 4) is 11.5 Å². The van der Waals surface area contributed by atoms with Gasteiger partial charge in [-0.05, 0) is 49.2 Å². The van der Waals surface area contributed by atoms with Crippen LogP contribution in [-0.4, -0.2) is 19.8 Å². The lowest BCUT2D eigenvalue weighted by atomic mass is 10.1. The molecule has 2 N–H and O–H groups in total. The van der Waals surface area contributed by atoms with E-state index in [-0.39, 0.29) is 0 Å². The summed E-state index contributed by atoms with van der Waals surface area (Å²) in [5, 5.41) is 0. The zero-order chi connectivity index (χ0) is 15.1. The summed E-state index contributed by atoms with van der Waals surface area (Å²) in [6.07, 6.45) is 0.823. The van der Waals surface area contributed by atoms with E-state index in [9.17, 15) is 0 Å². The first-order valence-electron chi connectivity index (χ1n) is 7.00. The highest BCUT2D eigenvalue weighted by Crippen LogP contribution is 2.24. The molecular formula is C17H20BrNO2. The van der Waals surface area contributed by atoms with Gasteiger partial charge in [0.15, 0.2) is 0 Å². The van der Waals surface area contributed by atoms with E-state index in [4.69, 9.17) is 15.2 Å². The second-order valence-electron chi connectivity index (χ2n) is 4.76. The largest absolute Gasteiger partial charge is 0.490 e. The Balaban J connectivity index is 1.89. The summed E-state index contributed by atoms with van der Waals surface area (Å²) < 4.78 is 12.6. The summed E-state index contributed by atoms with van der Waals surface area (Å²) in [7, 11) is 0. The summed E-state index contributed by atoms with van der Waals surface area (Å²) in [6, 6.07) is 13.9. The van der Waals surface area contributed by atoms with Crippen LogP contribution in [0, 0.1) is 6.92 Å². The average molecular weight is 350 g/mol. The Morgan fingerprint density at radius 2 is 1.81 bits per heavy atom. The number of hydrogen-bond donors (Lipinski definition) is 1. The molecule has 0 aliphatic heterocycles. The van der Waals surface area contributed by atoms with Crippen LogP contribution in [0.5, 0.6) is 11.5 Å². The summed E-state index contributed by atoms with van der Waals surface area (Å²) in [4.78, 5) is 0. The maximum Gasteiger partial charge on any atom is 0.125 e. The zero-order valence-corrected chi connectivity index (χ0v) is 13.7. The zero-order valence-electron chi connectivity index (χ0n) is 12.1. The number of rotatable bonds is 7. The fourth-order valence-electron chi connectivity index (χ4n) is 2.13. The molecule has 0 saturated heterocycles. The van der Waals surface area contributed by atoms with Crippen molar-refractivity contribution < 1.29 is 9.47 Å². The van der Waals surface area contributed by atoms with Gasteiger partial charge >= 0.3 is 0 Å². The molecule has 21 heavy (non-hydrogen) atoms. The van der Waals surface area contributed by atoms with Crippen molar-refractivity contribution in [3.63, 3.8) is 0 Å². The summed E-state index contributed by atoms with van der Waals surface area (Å²) in [5.41, 5.74) is 7.92. The lowest BCUT2D eigenvalue weighted by Crippen LogP contribution is -2.12. The van der Waals surface area contributed by atoms with E-state index in [1.165, 1.54) is 0 Å². The molecular weight excluding hydrogens is 330 g/mol. The van der Waals surface area contributed by atoms with Crippen molar-refractivity contribution in [2.45, 2.75) is 13.3 Å². The van der Waals surface area contributed by atoms with Crippen LogP contribution in [0.3, 0.4) is 0 Å². The lowest BCUT2D eigenvalue weighted by Gasteiger charge is -2.14. The Hall–Kier alpha value is -1.52. The Morgan fingerprint density at radius 1 is 1.05 bits per heavy atom. The summed E-state index contributed by atoms with van der Waals surface area (Å²) >= 11 is 3.42. The third kappa shape index (κ3) is 4.76. The molecule has 3 nitrogen and oxygen atoms in total. The number of ether oxygens (including phenoxy) is 2. The minimum absolute atomic E-state index is 0.507. The van der Waals surface area contributed by atoms with E-state index in [0.29, 0.717) is 19.8 Å². The number of aryl methyl sites for hydroxylation is 1. The second kappa shape index (κ2) is 8.05. The van der Waals surface area contributed by atoms with Gasteiger partial charge in [0, 0.05) is 4.47 Å². The highest BCUT2D eigenvalue weighted by molar-refractivity contribution is 9.10. The van der Waals surface area contributed by atoms with Crippen molar-refractivity contribution in [1.82, 2.24) is 0 Å². The standard InChI is InChI=1S/C17H20BrNO2/c1-13-4-2-5-14(8-9-19)17(13)21-11-10-20-16-7-3-6-15(18)12-16/h2-7,12H,8-11,19H2,1H3. The van der Waals surface area contributed by atoms with Crippen molar-refractivity contribution in [2.24, 2.45) is 5.73 Å². The Bertz CT molecular complexity index is 587. The van der Waals surface area contributed by atoms with Crippen LogP contribution in [0.15, 0.2) is 46.9 Å². The minimum atomic E-state index is 0.507. The predicted octanol–water partition coefficient (Wildman–Crippen LogP) is 3.72. The van der Waals surface area contributed by atoms with E-state index in [1.54, 1.807) is 0 Å². The minimum Gasteiger partial charge on any atom is -0.490 e. The highest BCUT2D eigenvalue weighted by Gasteiger charge is 2.06. The van der Waals surface area contributed by atoms with Gasteiger partial charge < -0.3 is 15.2 Å². The van der Waals surface area contributed by atoms with Gasteiger partial charge in [-0.15, -0.1) is 0 Å². The molecule has 0 saturated carbocycles. The first-order chi connectivity index (χ1) is 10.2. The first kappa shape index (κ1) is 15.9. The molecule has 2 aromatic carbocycles. The molecule has 0 heterocycles. The van der Waals surface area contributed by atoms with Crippen molar-refractivity contribution in [1.29, 1.82) is 0 Å². The van der Waals surface area contributed by atoms with Gasteiger partial charge in [0.2, 0.25) is 0 Å². The molecule has 4 heteroatoms. The van der Waals surface area contributed by atoms with E-state index in [2.05, 4.69) is 22.0 Å². The van der Waals surface area contributed by atoms with E-state index in [1.807, 2.05) is 43.3 Å². The lowest BCUT2D eigenvalue weighted by molar-refractivity contribution is 0.215. The molecule has 2 aromatic rings. The van der Waals surface area contributed by atoms with Crippen molar-refractivity contribution in [2.75, 3.05) is 19.8 Å². The van der Waals surface area contributed by atoms with Gasteiger partial charge in [-0.1, -0.05) is 40.2 Å². The molecule has 0 radical (unpaired) electrons. The maximum atomic E-state index is 5.88. The number of nitrogens with two attached hydrogens (primary N) is 1. The Morgan fingerprint density at radius 3 is 2.57 bits per heavy atom. The quantitative estimate of drug-likeness (QED) is 0.774. The molecule has 0 fully saturated rings. The van der Waals surface area contributed by atoms with E-state index in [0.717, 1.165) is 33.5 Å². The molecule has 0 amide bonds. The SMILES string of the molecule is Cc1cccc(CCN)c1OCCOc1cccc(Br)c1. The highest BCUT2D eigenvalue weighted by atomic mass is 79.9. The van der Waals surface area contributed by atoms with Crippen molar-refractivity contribution >= 4 is 15.9 Å². The van der Waals surface area contributed by atoms with Crippen molar-refractivity contribution in [3.05, 3.63) is 58.1 Å². The fourth-order valence-corrected chi connectivity index (χ4v) is 2.51. The fraction of sp³-hybridized carbons (Fsp3) is 0.294. The van der Waals surface area contributed by atoms with Crippen LogP contribution >= 0.6 is 15.9 Å². The maximum absolute atomic E-state index is 5.88. The molecule has 0 spiro atoms. The van der Waals surface area contributed by atoms with Gasteiger partial charge in [0.25, 0.3) is 0 Å². The molecule has 112 valence electrons. The van der Waals surface area contributed by atoms with Gasteiger partial charge in [-0.25, -0.2) is 0 Å². The molecule has 2 rings (SSSR count). The van der Waals surface area contributed by atoms with Crippen LogP contribution in [-0.2, 0) is 6.42 Å². The van der Waals surface area contributed by atoms with Crippen LogP contribution in [0.25, 0.3) is 0 Å². The second-order valence-corrected chi connectivity index (χ2v) is 5.67. The Labute approximate surface area is 134 Å². The van der Waals surface area contributed by atoms with Crippen LogP contribution in [0.4, 0.5) is 0 Å². The average Bonchev–Trinajstić information content (AvgIpc) is 2.46. The van der Waals surface area contributed by atoms with Crippen LogP contribution < -0.4 is 15.2 Å². The molecule has 0 atom stereocenters. The number of para-hydroxylation sites is 1.